The average molecular weight is 793 g/mol. The summed E-state index contributed by atoms with van der Waals surface area (Å²) in [5.74, 6) is 0.164. The summed E-state index contributed by atoms with van der Waals surface area (Å²) in [6, 6.07) is 8.01. The molecule has 2 heterocycles. The molecule has 3 rings (SSSR count). The summed E-state index contributed by atoms with van der Waals surface area (Å²) in [5.41, 5.74) is 5.20. The monoisotopic (exact) mass is 792 g/mol. The molecule has 2 atom stereocenters. The number of aliphatic hydroxyl groups is 1. The van der Waals surface area contributed by atoms with Crippen LogP contribution < -0.4 is 10.6 Å². The number of nitrogens with zero attached hydrogens (tertiary/aromatic N) is 2. The number of carbonyl (C=O) groups excluding carboxylic acids is 3. The number of nitrogens with one attached hydrogen (secondary N) is 2. The molecule has 212 valence electrons. The molecule has 3 amide bonds. The van der Waals surface area contributed by atoms with E-state index in [1.165, 1.54) is 16.6 Å². The maximum atomic E-state index is 12.2. The molecule has 37 heavy (non-hydrogen) atoms. The van der Waals surface area contributed by atoms with Crippen LogP contribution in [0.2, 0.25) is 0 Å². The zero-order valence-corrected chi connectivity index (χ0v) is 26.4. The number of thioether (sulfide) groups is 1. The van der Waals surface area contributed by atoms with Crippen LogP contribution in [0.15, 0.2) is 29.8 Å². The van der Waals surface area contributed by atoms with Crippen molar-refractivity contribution in [3.05, 3.63) is 41.0 Å². The molecular formula is C26H39FmN4O4S2-. The molecule has 1 aliphatic heterocycles. The molecule has 0 saturated carbocycles. The van der Waals surface area contributed by atoms with E-state index < -0.39 is 0 Å². The Morgan fingerprint density at radius 1 is 1.35 bits per heavy atom. The molecule has 1 saturated heterocycles. The molecule has 3 N–H and O–H groups in total. The van der Waals surface area contributed by atoms with Crippen LogP contribution in [0.5, 0.6) is 0 Å². The van der Waals surface area contributed by atoms with Crippen molar-refractivity contribution < 1.29 is 19.5 Å². The number of thiazole rings is 1. The third-order valence-corrected chi connectivity index (χ3v) is 7.10. The van der Waals surface area contributed by atoms with Crippen molar-refractivity contribution in [1.29, 1.82) is 0 Å². The Morgan fingerprint density at radius 3 is 2.41 bits per heavy atom. The number of aromatic nitrogens is 1. The molecule has 0 spiro atoms. The quantitative estimate of drug-likeness (QED) is 0.163. The Morgan fingerprint density at radius 2 is 1.97 bits per heavy atom. The van der Waals surface area contributed by atoms with Gasteiger partial charge in [-0.15, -0.1) is 23.1 Å². The topological polar surface area (TPSA) is 112 Å². The first-order chi connectivity index (χ1) is 17.1. The van der Waals surface area contributed by atoms with Crippen molar-refractivity contribution in [2.24, 2.45) is 5.41 Å². The predicted molar refractivity (Wildman–Crippen MR) is 148 cm³/mol. The Bertz CT molecular complexity index is 933. The minimum atomic E-state index is -0.313. The third-order valence-electron chi connectivity index (χ3n) is 5.86. The van der Waals surface area contributed by atoms with Crippen LogP contribution in [0, 0.1) is 12.3 Å². The molecule has 8 nitrogen and oxygen atoms in total. The third kappa shape index (κ3) is 11.4. The van der Waals surface area contributed by atoms with Crippen molar-refractivity contribution in [3.8, 4) is 10.4 Å². The second kappa shape index (κ2) is 17.1. The van der Waals surface area contributed by atoms with E-state index in [2.05, 4.69) is 48.5 Å². The van der Waals surface area contributed by atoms with Gasteiger partial charge in [0.2, 0.25) is 12.3 Å². The molecule has 11 heteroatoms. The molecule has 1 aliphatic rings. The van der Waals surface area contributed by atoms with Gasteiger partial charge in [-0.05, 0) is 55.5 Å². The van der Waals surface area contributed by atoms with Gasteiger partial charge in [-0.25, -0.2) is 4.98 Å². The van der Waals surface area contributed by atoms with E-state index in [0.29, 0.717) is 13.1 Å². The number of hydrogen-bond acceptors (Lipinski definition) is 7. The second-order valence-electron chi connectivity index (χ2n) is 9.43. The molecule has 1 aromatic carbocycles. The van der Waals surface area contributed by atoms with Crippen LogP contribution in [0.4, 0.5) is 0 Å². The van der Waals surface area contributed by atoms with Crippen LogP contribution in [-0.2, 0) is 20.9 Å². The van der Waals surface area contributed by atoms with Gasteiger partial charge in [0, 0.05) is 13.1 Å². The fourth-order valence-electron chi connectivity index (χ4n) is 3.16. The van der Waals surface area contributed by atoms with E-state index in [1.54, 1.807) is 22.6 Å². The number of hydrogen-bond donors (Lipinski definition) is 3. The summed E-state index contributed by atoms with van der Waals surface area (Å²) >= 11 is 3.04. The van der Waals surface area contributed by atoms with Crippen LogP contribution in [-0.4, -0.2) is 64.5 Å². The first kappa shape index (κ1) is 33.6. The van der Waals surface area contributed by atoms with Gasteiger partial charge in [-0.2, -0.15) is 6.41 Å². The van der Waals surface area contributed by atoms with Gasteiger partial charge in [0.15, 0.2) is 0 Å². The predicted octanol–water partition coefficient (Wildman–Crippen LogP) is 3.73. The zero-order chi connectivity index (χ0) is 27.1. The molecular weight excluding hydrogens is 753 g/mol. The van der Waals surface area contributed by atoms with Crippen molar-refractivity contribution in [2.45, 2.75) is 66.1 Å². The fraction of sp³-hybridized carbons (Fsp3) is 0.538. The first-order valence-corrected chi connectivity index (χ1v) is 14.1. The van der Waals surface area contributed by atoms with Crippen molar-refractivity contribution in [1.82, 2.24) is 20.5 Å². The van der Waals surface area contributed by atoms with Gasteiger partial charge in [-0.1, -0.05) is 45.0 Å². The van der Waals surface area contributed by atoms with E-state index in [1.807, 2.05) is 37.7 Å². The van der Waals surface area contributed by atoms with Gasteiger partial charge in [0.25, 0.3) is 0 Å². The SMILES string of the molecule is CC(N[C-]=O)C(C)(C)C.CSCO.Cc1ncsc1-c1ccc(CNC(=O)C2CCCN2C=O)cc1.[Fm]. The minimum absolute atomic E-state index is 0. The average Bonchev–Trinajstić information content (AvgIpc) is 3.52. The zero-order valence-electron chi connectivity index (χ0n) is 22.3. The van der Waals surface area contributed by atoms with E-state index in [-0.39, 0.29) is 29.3 Å². The molecule has 2 unspecified atom stereocenters. The summed E-state index contributed by atoms with van der Waals surface area (Å²) in [4.78, 5) is 39.9. The van der Waals surface area contributed by atoms with Crippen LogP contribution >= 0.6 is 23.1 Å². The fourth-order valence-corrected chi connectivity index (χ4v) is 3.97. The summed E-state index contributed by atoms with van der Waals surface area (Å²) in [6.07, 6.45) is 5.92. The van der Waals surface area contributed by atoms with Crippen LogP contribution in [0.3, 0.4) is 0 Å². The number of carbonyl (C=O) groups is 2. The van der Waals surface area contributed by atoms with Crippen LogP contribution in [0.1, 0.15) is 51.8 Å². The largest absolute Gasteiger partial charge is 0.527 e. The smallest absolute Gasteiger partial charge is 0.243 e. The summed E-state index contributed by atoms with van der Waals surface area (Å²) in [6.45, 7) is 11.3. The molecule has 1 fully saturated rings. The van der Waals surface area contributed by atoms with Crippen molar-refractivity contribution >= 4 is 41.8 Å². The van der Waals surface area contributed by atoms with Gasteiger partial charge in [0.05, 0.1) is 22.0 Å². The van der Waals surface area contributed by atoms with Gasteiger partial charge < -0.3 is 25.4 Å². The number of rotatable bonds is 8. The maximum Gasteiger partial charge on any atom is 0.243 e. The number of amides is 3. The summed E-state index contributed by atoms with van der Waals surface area (Å²) in [7, 11) is 0. The van der Waals surface area contributed by atoms with Crippen molar-refractivity contribution in [3.63, 3.8) is 0 Å². The number of benzene rings is 1. The molecule has 1 aromatic heterocycles. The van der Waals surface area contributed by atoms with Gasteiger partial charge in [0.1, 0.15) is 6.04 Å². The van der Waals surface area contributed by atoms with Gasteiger partial charge >= 0.3 is 0 Å². The normalized spacial score (nSPS) is 15.1. The number of likely N-dealkylation sites (tertiary alicyclic amines) is 1. The van der Waals surface area contributed by atoms with E-state index >= 15 is 0 Å². The maximum absolute atomic E-state index is 12.2. The minimum Gasteiger partial charge on any atom is -0.527 e. The Balaban J connectivity index is 0.000000778. The molecule has 0 bridgehead atoms. The standard InChI is InChI=1S/C17H19N3O2S.C7H14NO.C2H6OS.Fm/c1-12-16(23-10-19-12)14-6-4-13(5-7-14)9-18-17(22)15-3-2-8-20(15)11-21;1-6(8-5-9)7(2,3)4;1-4-2-3;/h4-7,10-11,15H,2-3,8-9H2,1H3,(H,18,22);6H,1-4H3,(H,8,9);3H,2H2,1H3;/q;-1;;. The van der Waals surface area contributed by atoms with E-state index in [0.717, 1.165) is 36.1 Å². The summed E-state index contributed by atoms with van der Waals surface area (Å²) < 4.78 is 0. The summed E-state index contributed by atoms with van der Waals surface area (Å²) in [5, 5.41) is 13.3. The van der Waals surface area contributed by atoms with E-state index in [9.17, 15) is 14.4 Å². The Kier molecular flexibility index (Phi) is 15.5. The Hall–Kier alpha value is -3.43. The number of aliphatic hydroxyl groups excluding tert-OH is 1. The van der Waals surface area contributed by atoms with Crippen LogP contribution in [0.25, 0.3) is 10.4 Å². The molecule has 0 radical (unpaired) electrons. The van der Waals surface area contributed by atoms with E-state index in [4.69, 9.17) is 5.11 Å². The molecule has 2 aromatic rings. The van der Waals surface area contributed by atoms with Gasteiger partial charge in [-0.3, -0.25) is 9.59 Å². The van der Waals surface area contributed by atoms with Crippen molar-refractivity contribution in [2.75, 3.05) is 18.7 Å². The molecule has 0 aliphatic carbocycles. The first-order valence-electron chi connectivity index (χ1n) is 11.8. The number of aryl methyl sites for hydroxylation is 1. The Labute approximate surface area is 223 Å². The second-order valence-corrected chi connectivity index (χ2v) is 11.1.